The second kappa shape index (κ2) is 9.47. The van der Waals surface area contributed by atoms with Crippen LogP contribution in [0.15, 0.2) is 42.5 Å². The molecule has 0 aliphatic carbocycles. The fraction of sp³-hybridized carbons (Fsp3) is 0.364. The van der Waals surface area contributed by atoms with Crippen LogP contribution < -0.4 is 4.74 Å². The molecule has 1 amide bonds. The zero-order chi connectivity index (χ0) is 24.3. The Kier molecular flexibility index (Phi) is 6.89. The van der Waals surface area contributed by atoms with Crippen molar-refractivity contribution in [1.29, 1.82) is 0 Å². The summed E-state index contributed by atoms with van der Waals surface area (Å²) >= 11 is 0. The van der Waals surface area contributed by atoms with Gasteiger partial charge in [0.25, 0.3) is 5.69 Å². The lowest BCUT2D eigenvalue weighted by Gasteiger charge is -2.36. The molecule has 0 bridgehead atoms. The van der Waals surface area contributed by atoms with E-state index >= 15 is 0 Å². The number of halogens is 3. The highest BCUT2D eigenvalue weighted by molar-refractivity contribution is 5.76. The third-order valence-electron chi connectivity index (χ3n) is 5.53. The Morgan fingerprint density at radius 1 is 1.12 bits per heavy atom. The number of likely N-dealkylation sites (tertiary alicyclic amines) is 1. The number of hydrogen-bond acceptors (Lipinski definition) is 6. The van der Waals surface area contributed by atoms with Gasteiger partial charge in [0.2, 0.25) is 0 Å². The average molecular weight is 466 g/mol. The van der Waals surface area contributed by atoms with Crippen LogP contribution in [0.2, 0.25) is 0 Å². The number of carbonyl (C=O) groups excluding carboxylic acids is 2. The van der Waals surface area contributed by atoms with Gasteiger partial charge >= 0.3 is 18.2 Å². The quantitative estimate of drug-likeness (QED) is 0.368. The van der Waals surface area contributed by atoms with Crippen molar-refractivity contribution < 1.29 is 37.2 Å². The Labute approximate surface area is 187 Å². The lowest BCUT2D eigenvalue weighted by Crippen LogP contribution is -2.46. The van der Waals surface area contributed by atoms with E-state index < -0.39 is 40.6 Å². The molecule has 2 aromatic rings. The van der Waals surface area contributed by atoms with Crippen LogP contribution in [-0.2, 0) is 15.7 Å². The summed E-state index contributed by atoms with van der Waals surface area (Å²) in [5.41, 5.74) is -0.547. The number of carbonyl (C=O) groups is 2. The van der Waals surface area contributed by atoms with Crippen molar-refractivity contribution in [3.8, 4) is 5.75 Å². The minimum atomic E-state index is -4.54. The first-order valence-electron chi connectivity index (χ1n) is 9.96. The number of methoxy groups -OCH3 is 1. The molecule has 176 valence electrons. The number of hydrogen-bond donors (Lipinski definition) is 0. The topological polar surface area (TPSA) is 99.0 Å². The number of nitro benzene ring substituents is 1. The Balaban J connectivity index is 1.84. The summed E-state index contributed by atoms with van der Waals surface area (Å²) in [5.74, 6) is -1.85. The summed E-state index contributed by atoms with van der Waals surface area (Å²) in [7, 11) is 1.19. The Morgan fingerprint density at radius 2 is 1.79 bits per heavy atom. The van der Waals surface area contributed by atoms with Crippen LogP contribution in [0.25, 0.3) is 0 Å². The van der Waals surface area contributed by atoms with Gasteiger partial charge in [-0.2, -0.15) is 13.2 Å². The molecule has 0 N–H and O–H groups in total. The highest BCUT2D eigenvalue weighted by atomic mass is 19.4. The van der Waals surface area contributed by atoms with Gasteiger partial charge in [-0.05, 0) is 42.7 Å². The first-order chi connectivity index (χ1) is 15.5. The smallest absolute Gasteiger partial charge is 0.416 e. The molecule has 2 aromatic carbocycles. The maximum absolute atomic E-state index is 13.4. The van der Waals surface area contributed by atoms with Crippen molar-refractivity contribution in [1.82, 2.24) is 4.90 Å². The largest absolute Gasteiger partial charge is 0.469 e. The van der Waals surface area contributed by atoms with E-state index in [4.69, 9.17) is 9.47 Å². The monoisotopic (exact) mass is 466 g/mol. The van der Waals surface area contributed by atoms with Crippen LogP contribution in [0.5, 0.6) is 5.75 Å². The second-order valence-electron chi connectivity index (χ2n) is 7.75. The molecular weight excluding hydrogens is 445 g/mol. The molecule has 0 radical (unpaired) electrons. The molecule has 0 spiro atoms. The number of nitrogens with zero attached hydrogens (tertiary/aromatic N) is 2. The molecule has 0 saturated carbocycles. The minimum Gasteiger partial charge on any atom is -0.469 e. The number of piperidine rings is 1. The van der Waals surface area contributed by atoms with Crippen LogP contribution in [0.4, 0.5) is 23.7 Å². The highest BCUT2D eigenvalue weighted by Gasteiger charge is 2.38. The van der Waals surface area contributed by atoms with Gasteiger partial charge in [0.05, 0.1) is 23.5 Å². The van der Waals surface area contributed by atoms with E-state index in [1.54, 1.807) is 6.07 Å². The molecule has 33 heavy (non-hydrogen) atoms. The van der Waals surface area contributed by atoms with Gasteiger partial charge < -0.3 is 14.4 Å². The van der Waals surface area contributed by atoms with Crippen molar-refractivity contribution in [2.45, 2.75) is 25.4 Å². The van der Waals surface area contributed by atoms with E-state index in [2.05, 4.69) is 0 Å². The number of benzene rings is 2. The van der Waals surface area contributed by atoms with Gasteiger partial charge in [-0.15, -0.1) is 0 Å². The molecule has 1 saturated heterocycles. The minimum absolute atomic E-state index is 0.0274. The van der Waals surface area contributed by atoms with Crippen molar-refractivity contribution >= 4 is 17.7 Å². The van der Waals surface area contributed by atoms with Gasteiger partial charge in [0, 0.05) is 31.1 Å². The van der Waals surface area contributed by atoms with E-state index in [0.717, 1.165) is 6.07 Å². The maximum atomic E-state index is 13.4. The molecular formula is C22H21F3N2O6. The highest BCUT2D eigenvalue weighted by Crippen LogP contribution is 2.37. The number of rotatable bonds is 4. The molecule has 3 rings (SSSR count). The summed E-state index contributed by atoms with van der Waals surface area (Å²) < 4.78 is 50.2. The molecule has 11 heteroatoms. The number of aryl methyl sites for hydroxylation is 1. The molecule has 1 fully saturated rings. The summed E-state index contributed by atoms with van der Waals surface area (Å²) in [6.07, 6.45) is -5.16. The van der Waals surface area contributed by atoms with Gasteiger partial charge in [0.1, 0.15) is 5.75 Å². The Hall–Kier alpha value is -3.63. The first kappa shape index (κ1) is 24.0. The van der Waals surface area contributed by atoms with Crippen molar-refractivity contribution in [3.63, 3.8) is 0 Å². The molecule has 1 aliphatic heterocycles. The van der Waals surface area contributed by atoms with E-state index in [-0.39, 0.29) is 36.5 Å². The predicted octanol–water partition coefficient (Wildman–Crippen LogP) is 4.70. The number of ether oxygens (including phenoxy) is 2. The maximum Gasteiger partial charge on any atom is 0.416 e. The van der Waals surface area contributed by atoms with Crippen molar-refractivity contribution in [3.05, 3.63) is 69.3 Å². The molecule has 1 aliphatic rings. The van der Waals surface area contributed by atoms with E-state index in [0.29, 0.717) is 5.56 Å². The van der Waals surface area contributed by atoms with Crippen molar-refractivity contribution in [2.75, 3.05) is 20.2 Å². The van der Waals surface area contributed by atoms with Crippen LogP contribution in [0.1, 0.15) is 29.0 Å². The lowest BCUT2D eigenvalue weighted by molar-refractivity contribution is -0.384. The number of alkyl halides is 3. The molecule has 1 heterocycles. The van der Waals surface area contributed by atoms with Crippen LogP contribution in [0, 0.1) is 23.0 Å². The lowest BCUT2D eigenvalue weighted by atomic mass is 9.83. The van der Waals surface area contributed by atoms with E-state index in [1.165, 1.54) is 49.3 Å². The number of esters is 1. The van der Waals surface area contributed by atoms with Gasteiger partial charge in [-0.25, -0.2) is 4.79 Å². The van der Waals surface area contributed by atoms with Crippen LogP contribution in [-0.4, -0.2) is 42.1 Å². The normalized spacial score (nSPS) is 18.5. The SMILES string of the molecule is COC(=O)C1CC(c2ccc(C)c(C(F)(F)F)c2)CN(C(=O)Oc2ccc([N+](=O)[O-])cc2)C1. The summed E-state index contributed by atoms with van der Waals surface area (Å²) in [6, 6.07) is 8.80. The third kappa shape index (κ3) is 5.60. The zero-order valence-electron chi connectivity index (χ0n) is 17.8. The standard InChI is InChI=1S/C22H21F3N2O6/c1-13-3-4-14(10-19(13)22(23,24)25)15-9-16(20(28)32-2)12-26(11-15)21(29)33-18-7-5-17(6-8-18)27(30)31/h3-8,10,15-16H,9,11-12H2,1-2H3. The Bertz CT molecular complexity index is 1060. The van der Waals surface area contributed by atoms with Gasteiger partial charge in [-0.1, -0.05) is 12.1 Å². The fourth-order valence-corrected chi connectivity index (χ4v) is 3.83. The molecule has 2 atom stereocenters. The summed E-state index contributed by atoms with van der Waals surface area (Å²) in [5, 5.41) is 10.8. The number of non-ortho nitro benzene ring substituents is 1. The molecule has 2 unspecified atom stereocenters. The van der Waals surface area contributed by atoms with Crippen molar-refractivity contribution in [2.24, 2.45) is 5.92 Å². The third-order valence-corrected chi connectivity index (χ3v) is 5.53. The Morgan fingerprint density at radius 3 is 2.36 bits per heavy atom. The summed E-state index contributed by atoms with van der Waals surface area (Å²) in [6.45, 7) is 1.35. The van der Waals surface area contributed by atoms with E-state index in [1.807, 2.05) is 0 Å². The second-order valence-corrected chi connectivity index (χ2v) is 7.75. The van der Waals surface area contributed by atoms with Crippen LogP contribution >= 0.6 is 0 Å². The van der Waals surface area contributed by atoms with Gasteiger partial charge in [-0.3, -0.25) is 14.9 Å². The first-order valence-corrected chi connectivity index (χ1v) is 9.96. The number of amides is 1. The van der Waals surface area contributed by atoms with E-state index in [9.17, 15) is 32.9 Å². The molecule has 0 aromatic heterocycles. The molecule has 8 nitrogen and oxygen atoms in total. The average Bonchev–Trinajstić information content (AvgIpc) is 2.78. The van der Waals surface area contributed by atoms with Crippen LogP contribution in [0.3, 0.4) is 0 Å². The summed E-state index contributed by atoms with van der Waals surface area (Å²) in [4.78, 5) is 36.3. The zero-order valence-corrected chi connectivity index (χ0v) is 17.8. The number of nitro groups is 1. The predicted molar refractivity (Wildman–Crippen MR) is 110 cm³/mol. The fourth-order valence-electron chi connectivity index (χ4n) is 3.83. The van der Waals surface area contributed by atoms with Gasteiger partial charge in [0.15, 0.2) is 0 Å².